The number of halogens is 2. The molecule has 0 saturated heterocycles. The molecule has 0 spiro atoms. The molecule has 1 amide bonds. The van der Waals surface area contributed by atoms with E-state index in [1.165, 1.54) is 12.1 Å². The molecule has 5 rings (SSSR count). The lowest BCUT2D eigenvalue weighted by Gasteiger charge is -2.30. The molecule has 4 aromatic rings. The van der Waals surface area contributed by atoms with E-state index in [0.717, 1.165) is 16.5 Å². The Hall–Kier alpha value is -4.22. The van der Waals surface area contributed by atoms with Crippen molar-refractivity contribution in [3.63, 3.8) is 0 Å². The first kappa shape index (κ1) is 23.5. The molecule has 1 N–H and O–H groups in total. The molecule has 0 radical (unpaired) electrons. The first-order valence-corrected chi connectivity index (χ1v) is 11.4. The van der Waals surface area contributed by atoms with E-state index in [9.17, 15) is 18.8 Å². The smallest absolute Gasteiger partial charge is 0.263 e. The van der Waals surface area contributed by atoms with Crippen LogP contribution in [-0.2, 0) is 23.3 Å². The van der Waals surface area contributed by atoms with Crippen LogP contribution in [0.25, 0.3) is 22.2 Å². The minimum atomic E-state index is -2.55. The number of amides is 1. The number of alkyl halides is 2. The standard InChI is InChI=1S/C28H22F2N4O2/c1-28(15-31)16-36-14-21-6-5-19(10-23(21)28)27(35)33-13-22-11-25-20(12-32-22)7-8-24(34-25)17-3-2-4-18(9-17)26(29)30/h2-12,26H,13-14,16H2,1H3,(H,33,35)/t28-/m1/s1. The van der Waals surface area contributed by atoms with Gasteiger partial charge in [-0.05, 0) is 54.4 Å². The molecule has 1 aliphatic heterocycles. The Morgan fingerprint density at radius 3 is 2.86 bits per heavy atom. The number of nitriles is 1. The Morgan fingerprint density at radius 2 is 2.06 bits per heavy atom. The van der Waals surface area contributed by atoms with Gasteiger partial charge < -0.3 is 10.1 Å². The number of fused-ring (bicyclic) bond motifs is 2. The highest BCUT2D eigenvalue weighted by molar-refractivity contribution is 5.94. The third kappa shape index (κ3) is 4.53. The summed E-state index contributed by atoms with van der Waals surface area (Å²) in [6.45, 7) is 2.68. The largest absolute Gasteiger partial charge is 0.375 e. The zero-order valence-corrected chi connectivity index (χ0v) is 19.5. The number of carbonyl (C=O) groups excluding carboxylic acids is 1. The van der Waals surface area contributed by atoms with E-state index < -0.39 is 11.8 Å². The van der Waals surface area contributed by atoms with Gasteiger partial charge in [-0.3, -0.25) is 9.78 Å². The lowest BCUT2D eigenvalue weighted by molar-refractivity contribution is 0.0757. The van der Waals surface area contributed by atoms with Gasteiger partial charge >= 0.3 is 0 Å². The summed E-state index contributed by atoms with van der Waals surface area (Å²) >= 11 is 0. The molecule has 2 aromatic carbocycles. The molecule has 6 nitrogen and oxygen atoms in total. The van der Waals surface area contributed by atoms with Crippen LogP contribution in [0.4, 0.5) is 8.78 Å². The van der Waals surface area contributed by atoms with Crippen LogP contribution < -0.4 is 5.32 Å². The van der Waals surface area contributed by atoms with Crippen LogP contribution in [0.15, 0.2) is 66.9 Å². The molecule has 0 unspecified atom stereocenters. The second-order valence-electron chi connectivity index (χ2n) is 8.98. The zero-order chi connectivity index (χ0) is 25.3. The summed E-state index contributed by atoms with van der Waals surface area (Å²) in [5.41, 5.74) is 3.73. The van der Waals surface area contributed by atoms with Gasteiger partial charge in [0.15, 0.2) is 0 Å². The molecule has 180 valence electrons. The average molecular weight is 485 g/mol. The number of carbonyl (C=O) groups is 1. The predicted molar refractivity (Wildman–Crippen MR) is 130 cm³/mol. The molecule has 8 heteroatoms. The van der Waals surface area contributed by atoms with Crippen LogP contribution in [0.2, 0.25) is 0 Å². The van der Waals surface area contributed by atoms with Crippen molar-refractivity contribution in [2.75, 3.05) is 6.61 Å². The fourth-order valence-corrected chi connectivity index (χ4v) is 4.31. The monoisotopic (exact) mass is 484 g/mol. The van der Waals surface area contributed by atoms with E-state index in [2.05, 4.69) is 21.4 Å². The highest BCUT2D eigenvalue weighted by atomic mass is 19.3. The number of rotatable bonds is 5. The fraction of sp³-hybridized carbons (Fsp3) is 0.214. The Bertz CT molecular complexity index is 1520. The molecule has 0 fully saturated rings. The lowest BCUT2D eigenvalue weighted by atomic mass is 9.79. The maximum absolute atomic E-state index is 13.1. The Labute approximate surface area is 206 Å². The van der Waals surface area contributed by atoms with Crippen molar-refractivity contribution < 1.29 is 18.3 Å². The highest BCUT2D eigenvalue weighted by Gasteiger charge is 2.33. The minimum Gasteiger partial charge on any atom is -0.375 e. The Balaban J connectivity index is 1.35. The van der Waals surface area contributed by atoms with E-state index in [0.29, 0.717) is 34.6 Å². The molecular formula is C28H22F2N4O2. The lowest BCUT2D eigenvalue weighted by Crippen LogP contribution is -2.33. The topological polar surface area (TPSA) is 87.9 Å². The quantitative estimate of drug-likeness (QED) is 0.406. The Kier molecular flexibility index (Phi) is 6.17. The maximum Gasteiger partial charge on any atom is 0.263 e. The molecule has 1 atom stereocenters. The van der Waals surface area contributed by atoms with Crippen molar-refractivity contribution in [3.05, 3.63) is 94.8 Å². The van der Waals surface area contributed by atoms with Crippen LogP contribution in [0.5, 0.6) is 0 Å². The van der Waals surface area contributed by atoms with Crippen molar-refractivity contribution in [1.29, 1.82) is 5.26 Å². The van der Waals surface area contributed by atoms with Crippen LogP contribution in [0.3, 0.4) is 0 Å². The van der Waals surface area contributed by atoms with Gasteiger partial charge in [-0.15, -0.1) is 0 Å². The number of nitrogens with zero attached hydrogens (tertiary/aromatic N) is 3. The van der Waals surface area contributed by atoms with Gasteiger partial charge in [0.2, 0.25) is 0 Å². The zero-order valence-electron chi connectivity index (χ0n) is 19.5. The summed E-state index contributed by atoms with van der Waals surface area (Å²) < 4.78 is 31.7. The summed E-state index contributed by atoms with van der Waals surface area (Å²) in [5, 5.41) is 13.3. The van der Waals surface area contributed by atoms with Crippen LogP contribution in [0.1, 0.15) is 46.1 Å². The summed E-state index contributed by atoms with van der Waals surface area (Å²) in [4.78, 5) is 21.9. The van der Waals surface area contributed by atoms with Crippen molar-refractivity contribution >= 4 is 16.8 Å². The number of benzene rings is 2. The van der Waals surface area contributed by atoms with E-state index in [-0.39, 0.29) is 24.6 Å². The van der Waals surface area contributed by atoms with Gasteiger partial charge in [0.05, 0.1) is 42.7 Å². The van der Waals surface area contributed by atoms with Crippen molar-refractivity contribution in [2.45, 2.75) is 31.9 Å². The van der Waals surface area contributed by atoms with E-state index in [4.69, 9.17) is 4.74 Å². The highest BCUT2D eigenvalue weighted by Crippen LogP contribution is 2.32. The molecular weight excluding hydrogens is 462 g/mol. The predicted octanol–water partition coefficient (Wildman–Crippen LogP) is 5.48. The summed E-state index contributed by atoms with van der Waals surface area (Å²) in [7, 11) is 0. The van der Waals surface area contributed by atoms with Gasteiger partial charge in [-0.1, -0.05) is 24.3 Å². The van der Waals surface area contributed by atoms with Crippen LogP contribution in [0, 0.1) is 11.3 Å². The molecule has 0 saturated carbocycles. The number of hydrogen-bond acceptors (Lipinski definition) is 5. The number of pyridine rings is 2. The number of aromatic nitrogens is 2. The second-order valence-corrected chi connectivity index (χ2v) is 8.98. The van der Waals surface area contributed by atoms with Crippen LogP contribution in [-0.4, -0.2) is 22.5 Å². The minimum absolute atomic E-state index is 0.0580. The SMILES string of the molecule is C[C@@]1(C#N)COCc2ccc(C(=O)NCc3cc4nc(-c5cccc(C(F)F)c5)ccc4cn3)cc21. The molecule has 0 aliphatic carbocycles. The fourth-order valence-electron chi connectivity index (χ4n) is 4.31. The summed E-state index contributed by atoms with van der Waals surface area (Å²) in [6, 6.07) is 19.1. The van der Waals surface area contributed by atoms with Gasteiger partial charge in [-0.2, -0.15) is 5.26 Å². The summed E-state index contributed by atoms with van der Waals surface area (Å²) in [5.74, 6) is -0.281. The Morgan fingerprint density at radius 1 is 1.19 bits per heavy atom. The average Bonchev–Trinajstić information content (AvgIpc) is 2.91. The van der Waals surface area contributed by atoms with Gasteiger partial charge in [0, 0.05) is 28.3 Å². The number of ether oxygens (including phenoxy) is 1. The van der Waals surface area contributed by atoms with Crippen molar-refractivity contribution in [1.82, 2.24) is 15.3 Å². The van der Waals surface area contributed by atoms with Gasteiger partial charge in [0.1, 0.15) is 5.41 Å². The maximum atomic E-state index is 13.1. The molecule has 0 bridgehead atoms. The van der Waals surface area contributed by atoms with Crippen molar-refractivity contribution in [3.8, 4) is 17.3 Å². The normalized spacial score (nSPS) is 17.0. The first-order valence-electron chi connectivity index (χ1n) is 11.4. The van der Waals surface area contributed by atoms with Crippen molar-refractivity contribution in [2.24, 2.45) is 0 Å². The van der Waals surface area contributed by atoms with Gasteiger partial charge in [-0.25, -0.2) is 13.8 Å². The molecule has 36 heavy (non-hydrogen) atoms. The van der Waals surface area contributed by atoms with Gasteiger partial charge in [0.25, 0.3) is 12.3 Å². The molecule has 2 aromatic heterocycles. The molecule has 1 aliphatic rings. The summed E-state index contributed by atoms with van der Waals surface area (Å²) in [6.07, 6.45) is -0.887. The first-order chi connectivity index (χ1) is 17.4. The van der Waals surface area contributed by atoms with E-state index in [1.54, 1.807) is 49.5 Å². The third-order valence-corrected chi connectivity index (χ3v) is 6.36. The molecule has 3 heterocycles. The number of nitrogens with one attached hydrogen (secondary N) is 1. The van der Waals surface area contributed by atoms with E-state index in [1.807, 2.05) is 12.1 Å². The third-order valence-electron chi connectivity index (χ3n) is 6.36. The van der Waals surface area contributed by atoms with E-state index >= 15 is 0 Å². The number of hydrogen-bond donors (Lipinski definition) is 1. The second kappa shape index (κ2) is 9.44. The van der Waals surface area contributed by atoms with Crippen LogP contribution >= 0.6 is 0 Å².